The molecule has 0 unspecified atom stereocenters. The molecule has 18 heavy (non-hydrogen) atoms. The fourth-order valence-corrected chi connectivity index (χ4v) is 2.02. The summed E-state index contributed by atoms with van der Waals surface area (Å²) in [6.45, 7) is 0.125. The van der Waals surface area contributed by atoms with Crippen molar-refractivity contribution in [2.24, 2.45) is 0 Å². The van der Waals surface area contributed by atoms with Crippen LogP contribution in [0.15, 0.2) is 35.1 Å². The van der Waals surface area contributed by atoms with E-state index >= 15 is 0 Å². The van der Waals surface area contributed by atoms with Gasteiger partial charge in [-0.05, 0) is 28.1 Å². The maximum Gasteiger partial charge on any atom is 0.337 e. The zero-order valence-corrected chi connectivity index (χ0v) is 10.6. The fourth-order valence-electron chi connectivity index (χ4n) is 1.55. The van der Waals surface area contributed by atoms with Crippen LogP contribution in [-0.2, 0) is 6.54 Å². The van der Waals surface area contributed by atoms with Crippen molar-refractivity contribution >= 4 is 21.9 Å². The highest BCUT2D eigenvalue weighted by molar-refractivity contribution is 9.10. The lowest BCUT2D eigenvalue weighted by Gasteiger charge is -2.06. The molecule has 0 fully saturated rings. The Balaban J connectivity index is 2.31. The van der Waals surface area contributed by atoms with E-state index in [1.165, 1.54) is 22.9 Å². The van der Waals surface area contributed by atoms with Crippen LogP contribution < -0.4 is 0 Å². The molecule has 2 aromatic rings. The highest BCUT2D eigenvalue weighted by atomic mass is 79.9. The van der Waals surface area contributed by atoms with Gasteiger partial charge in [0.2, 0.25) is 0 Å². The largest absolute Gasteiger partial charge is 0.478 e. The molecule has 1 aromatic heterocycles. The monoisotopic (exact) mass is 315 g/mol. The van der Waals surface area contributed by atoms with Gasteiger partial charge in [-0.15, -0.1) is 0 Å². The predicted octanol–water partition coefficient (Wildman–Crippen LogP) is 3.28. The molecule has 0 aliphatic carbocycles. The summed E-state index contributed by atoms with van der Waals surface area (Å²) in [6, 6.07) is 4.71. The highest BCUT2D eigenvalue weighted by Crippen LogP contribution is 2.19. The molecule has 0 aliphatic heterocycles. The third-order valence-corrected chi connectivity index (χ3v) is 3.13. The van der Waals surface area contributed by atoms with Gasteiger partial charge < -0.3 is 9.67 Å². The van der Waals surface area contributed by atoms with Crippen LogP contribution in [0.4, 0.5) is 8.78 Å². The fraction of sp³-hybridized carbons (Fsp3) is 0.0833. The maximum absolute atomic E-state index is 13.4. The molecule has 0 radical (unpaired) electrons. The number of rotatable bonds is 3. The van der Waals surface area contributed by atoms with Crippen molar-refractivity contribution in [3.05, 3.63) is 57.8 Å². The van der Waals surface area contributed by atoms with E-state index in [0.29, 0.717) is 4.60 Å². The number of benzene rings is 1. The average Bonchev–Trinajstić information content (AvgIpc) is 2.64. The summed E-state index contributed by atoms with van der Waals surface area (Å²) < 4.78 is 28.2. The van der Waals surface area contributed by atoms with Crippen molar-refractivity contribution in [1.82, 2.24) is 4.57 Å². The summed E-state index contributed by atoms with van der Waals surface area (Å²) in [4.78, 5) is 10.8. The van der Waals surface area contributed by atoms with Gasteiger partial charge in [0.15, 0.2) is 0 Å². The van der Waals surface area contributed by atoms with Crippen LogP contribution >= 0.6 is 15.9 Å². The topological polar surface area (TPSA) is 42.2 Å². The van der Waals surface area contributed by atoms with Gasteiger partial charge in [0.05, 0.1) is 16.7 Å². The molecule has 2 rings (SSSR count). The second-order valence-corrected chi connectivity index (χ2v) is 4.53. The first-order chi connectivity index (χ1) is 8.47. The molecule has 1 N–H and O–H groups in total. The van der Waals surface area contributed by atoms with Crippen LogP contribution in [0.25, 0.3) is 0 Å². The normalized spacial score (nSPS) is 10.6. The number of aromatic carboxylic acids is 1. The molecular formula is C12H8BrF2NO2. The first-order valence-electron chi connectivity index (χ1n) is 5.00. The van der Waals surface area contributed by atoms with E-state index in [0.717, 1.165) is 12.1 Å². The van der Waals surface area contributed by atoms with E-state index in [1.807, 2.05) is 0 Å². The summed E-state index contributed by atoms with van der Waals surface area (Å²) in [5.41, 5.74) is 0.383. The molecule has 0 amide bonds. The van der Waals surface area contributed by atoms with Crippen LogP contribution in [0.3, 0.4) is 0 Å². The van der Waals surface area contributed by atoms with Gasteiger partial charge in [0.25, 0.3) is 0 Å². The minimum Gasteiger partial charge on any atom is -0.478 e. The van der Waals surface area contributed by atoms with Gasteiger partial charge in [-0.1, -0.05) is 6.07 Å². The molecule has 94 valence electrons. The van der Waals surface area contributed by atoms with E-state index in [9.17, 15) is 13.6 Å². The Morgan fingerprint density at radius 1 is 1.33 bits per heavy atom. The minimum atomic E-state index is -1.06. The first-order valence-corrected chi connectivity index (χ1v) is 5.79. The number of carboxylic acids is 1. The predicted molar refractivity (Wildman–Crippen MR) is 64.6 cm³/mol. The first kappa shape index (κ1) is 12.8. The number of aromatic nitrogens is 1. The average molecular weight is 316 g/mol. The lowest BCUT2D eigenvalue weighted by molar-refractivity contribution is 0.0697. The van der Waals surface area contributed by atoms with Crippen LogP contribution in [0.2, 0.25) is 0 Å². The number of hydrogen-bond acceptors (Lipinski definition) is 1. The van der Waals surface area contributed by atoms with Crippen molar-refractivity contribution in [2.75, 3.05) is 0 Å². The third-order valence-electron chi connectivity index (χ3n) is 2.45. The molecule has 0 spiro atoms. The molecular weight excluding hydrogens is 308 g/mol. The van der Waals surface area contributed by atoms with E-state index in [1.54, 1.807) is 0 Å². The Morgan fingerprint density at radius 2 is 2.06 bits per heavy atom. The summed E-state index contributed by atoms with van der Waals surface area (Å²) >= 11 is 3.19. The maximum atomic E-state index is 13.4. The standard InChI is InChI=1S/C12H8BrF2NO2/c13-11-3-8(12(17)18)6-16(11)5-7-1-2-9(14)4-10(7)15/h1-4,6H,5H2,(H,17,18). The number of carboxylic acid groups (broad SMARTS) is 1. The highest BCUT2D eigenvalue weighted by Gasteiger charge is 2.11. The van der Waals surface area contributed by atoms with Gasteiger partial charge in [0, 0.05) is 17.8 Å². The van der Waals surface area contributed by atoms with Crippen molar-refractivity contribution in [2.45, 2.75) is 6.54 Å². The summed E-state index contributed by atoms with van der Waals surface area (Å²) in [5.74, 6) is -2.37. The molecule has 0 saturated heterocycles. The smallest absolute Gasteiger partial charge is 0.337 e. The summed E-state index contributed by atoms with van der Waals surface area (Å²) in [5, 5.41) is 8.82. The minimum absolute atomic E-state index is 0.101. The Morgan fingerprint density at radius 3 is 2.61 bits per heavy atom. The Bertz CT molecular complexity index is 610. The lowest BCUT2D eigenvalue weighted by Crippen LogP contribution is -2.02. The number of nitrogens with zero attached hydrogens (tertiary/aromatic N) is 1. The van der Waals surface area contributed by atoms with E-state index in [-0.39, 0.29) is 17.7 Å². The van der Waals surface area contributed by atoms with Crippen LogP contribution in [0.1, 0.15) is 15.9 Å². The van der Waals surface area contributed by atoms with Crippen molar-refractivity contribution in [3.63, 3.8) is 0 Å². The zero-order valence-electron chi connectivity index (χ0n) is 9.03. The van der Waals surface area contributed by atoms with E-state index in [2.05, 4.69) is 15.9 Å². The van der Waals surface area contributed by atoms with Gasteiger partial charge in [-0.2, -0.15) is 0 Å². The second kappa shape index (κ2) is 4.89. The Kier molecular flexibility index (Phi) is 3.47. The van der Waals surface area contributed by atoms with E-state index < -0.39 is 17.6 Å². The number of carbonyl (C=O) groups is 1. The van der Waals surface area contributed by atoms with Gasteiger partial charge in [0.1, 0.15) is 11.6 Å². The third kappa shape index (κ3) is 2.59. The van der Waals surface area contributed by atoms with E-state index in [4.69, 9.17) is 5.11 Å². The van der Waals surface area contributed by atoms with Crippen molar-refractivity contribution in [3.8, 4) is 0 Å². The molecule has 1 aromatic carbocycles. The Labute approximate surface area is 110 Å². The molecule has 1 heterocycles. The lowest BCUT2D eigenvalue weighted by atomic mass is 10.2. The second-order valence-electron chi connectivity index (χ2n) is 3.72. The number of halogens is 3. The summed E-state index contributed by atoms with van der Waals surface area (Å²) in [6.07, 6.45) is 1.38. The van der Waals surface area contributed by atoms with Crippen LogP contribution in [-0.4, -0.2) is 15.6 Å². The van der Waals surface area contributed by atoms with Crippen LogP contribution in [0, 0.1) is 11.6 Å². The Hall–Kier alpha value is -1.69. The van der Waals surface area contributed by atoms with Crippen molar-refractivity contribution < 1.29 is 18.7 Å². The van der Waals surface area contributed by atoms with Gasteiger partial charge in [-0.3, -0.25) is 0 Å². The SMILES string of the molecule is O=C(O)c1cc(Br)n(Cc2ccc(F)cc2F)c1. The molecule has 3 nitrogen and oxygen atoms in total. The quantitative estimate of drug-likeness (QED) is 0.944. The zero-order chi connectivity index (χ0) is 13.3. The van der Waals surface area contributed by atoms with Crippen LogP contribution in [0.5, 0.6) is 0 Å². The molecule has 0 atom stereocenters. The molecule has 6 heteroatoms. The molecule has 0 saturated carbocycles. The van der Waals surface area contributed by atoms with Gasteiger partial charge >= 0.3 is 5.97 Å². The number of hydrogen-bond donors (Lipinski definition) is 1. The van der Waals surface area contributed by atoms with Gasteiger partial charge in [-0.25, -0.2) is 13.6 Å². The summed E-state index contributed by atoms with van der Waals surface area (Å²) in [7, 11) is 0. The van der Waals surface area contributed by atoms with Crippen molar-refractivity contribution in [1.29, 1.82) is 0 Å². The molecule has 0 bridgehead atoms. The molecule has 0 aliphatic rings.